The molecular formula is C15H18N2O3S. The lowest BCUT2D eigenvalue weighted by atomic mass is 9.92. The van der Waals surface area contributed by atoms with Gasteiger partial charge < -0.3 is 20.1 Å². The number of phenolic OH excluding ortho intramolecular Hbond substituents is 1. The number of thiocarbonyl (C=S) groups is 1. The van der Waals surface area contributed by atoms with Crippen molar-refractivity contribution >= 4 is 23.1 Å². The lowest BCUT2D eigenvalue weighted by Gasteiger charge is -2.35. The van der Waals surface area contributed by atoms with Gasteiger partial charge in [0.15, 0.2) is 22.4 Å². The van der Waals surface area contributed by atoms with Gasteiger partial charge in [-0.2, -0.15) is 0 Å². The molecule has 5 nitrogen and oxygen atoms in total. The van der Waals surface area contributed by atoms with Crippen molar-refractivity contribution in [1.29, 1.82) is 0 Å². The van der Waals surface area contributed by atoms with Crippen LogP contribution in [0.25, 0.3) is 0 Å². The summed E-state index contributed by atoms with van der Waals surface area (Å²) >= 11 is 5.30. The number of carbonyl (C=O) groups excluding carboxylic acids is 1. The second kappa shape index (κ2) is 5.73. The zero-order valence-electron chi connectivity index (χ0n) is 12.4. The molecular weight excluding hydrogens is 288 g/mol. The summed E-state index contributed by atoms with van der Waals surface area (Å²) in [5.41, 5.74) is 2.28. The third-order valence-electron chi connectivity index (χ3n) is 3.67. The average Bonchev–Trinajstić information content (AvgIpc) is 2.44. The van der Waals surface area contributed by atoms with Gasteiger partial charge in [-0.05, 0) is 43.8 Å². The van der Waals surface area contributed by atoms with Gasteiger partial charge in [-0.3, -0.25) is 4.79 Å². The minimum Gasteiger partial charge on any atom is -0.504 e. The first kappa shape index (κ1) is 15.3. The number of nitrogens with one attached hydrogen (secondary N) is 1. The number of hydrogen-bond acceptors (Lipinski definition) is 4. The molecule has 2 rings (SSSR count). The Labute approximate surface area is 129 Å². The van der Waals surface area contributed by atoms with Gasteiger partial charge in [-0.1, -0.05) is 6.07 Å². The van der Waals surface area contributed by atoms with Crippen LogP contribution in [0.4, 0.5) is 0 Å². The van der Waals surface area contributed by atoms with E-state index in [-0.39, 0.29) is 17.6 Å². The van der Waals surface area contributed by atoms with E-state index in [0.29, 0.717) is 16.4 Å². The molecule has 0 aliphatic carbocycles. The molecule has 0 radical (unpaired) electrons. The number of ether oxygens (including phenoxy) is 1. The molecule has 0 spiro atoms. The number of methoxy groups -OCH3 is 1. The first-order valence-corrected chi connectivity index (χ1v) is 6.90. The molecule has 21 heavy (non-hydrogen) atoms. The van der Waals surface area contributed by atoms with E-state index in [0.717, 1.165) is 11.3 Å². The Kier molecular flexibility index (Phi) is 4.18. The molecule has 1 aromatic carbocycles. The number of allylic oxidation sites excluding steroid dienone is 1. The summed E-state index contributed by atoms with van der Waals surface area (Å²) in [6.45, 7) is 3.40. The maximum Gasteiger partial charge on any atom is 0.173 e. The summed E-state index contributed by atoms with van der Waals surface area (Å²) in [7, 11) is 3.31. The highest BCUT2D eigenvalue weighted by Crippen LogP contribution is 2.34. The maximum atomic E-state index is 12.0. The fourth-order valence-electron chi connectivity index (χ4n) is 2.42. The third-order valence-corrected chi connectivity index (χ3v) is 4.06. The Morgan fingerprint density at radius 1 is 1.48 bits per heavy atom. The van der Waals surface area contributed by atoms with Crippen molar-refractivity contribution in [2.45, 2.75) is 19.9 Å². The second-order valence-corrected chi connectivity index (χ2v) is 5.31. The van der Waals surface area contributed by atoms with Crippen LogP contribution in [0.3, 0.4) is 0 Å². The molecule has 2 N–H and O–H groups in total. The fourth-order valence-corrected chi connectivity index (χ4v) is 2.67. The molecule has 1 aliphatic rings. The molecule has 112 valence electrons. The summed E-state index contributed by atoms with van der Waals surface area (Å²) in [4.78, 5) is 13.8. The third kappa shape index (κ3) is 2.71. The number of aromatic hydroxyl groups is 1. The average molecular weight is 306 g/mol. The Morgan fingerprint density at radius 2 is 2.14 bits per heavy atom. The van der Waals surface area contributed by atoms with E-state index in [9.17, 15) is 9.90 Å². The van der Waals surface area contributed by atoms with Crippen LogP contribution in [0, 0.1) is 0 Å². The second-order valence-electron chi connectivity index (χ2n) is 4.93. The van der Waals surface area contributed by atoms with Crippen molar-refractivity contribution in [2.24, 2.45) is 0 Å². The molecule has 0 bridgehead atoms. The first-order valence-electron chi connectivity index (χ1n) is 6.49. The van der Waals surface area contributed by atoms with Crippen molar-refractivity contribution in [3.05, 3.63) is 35.0 Å². The van der Waals surface area contributed by atoms with E-state index in [4.69, 9.17) is 17.0 Å². The van der Waals surface area contributed by atoms with Crippen LogP contribution in [0.2, 0.25) is 0 Å². The predicted octanol–water partition coefficient (Wildman–Crippen LogP) is 2.12. The number of benzene rings is 1. The largest absolute Gasteiger partial charge is 0.504 e. The molecule has 1 aromatic rings. The standard InChI is InChI=1S/C15H18N2O3S/c1-8-13(9(2)18)14(16-15(21)17(8)3)10-5-6-11(19)12(7-10)20-4/h5-7,14,19H,1-4H3,(H,16,21)/t14-/m1/s1. The van der Waals surface area contributed by atoms with Gasteiger partial charge in [0.1, 0.15) is 0 Å². The van der Waals surface area contributed by atoms with Crippen LogP contribution in [0.5, 0.6) is 11.5 Å². The minimum atomic E-state index is -0.347. The van der Waals surface area contributed by atoms with Crippen LogP contribution in [-0.4, -0.2) is 35.1 Å². The van der Waals surface area contributed by atoms with E-state index < -0.39 is 0 Å². The molecule has 1 atom stereocenters. The Balaban J connectivity index is 2.55. The monoisotopic (exact) mass is 306 g/mol. The quantitative estimate of drug-likeness (QED) is 0.834. The number of ketones is 1. The zero-order chi connectivity index (χ0) is 15.7. The van der Waals surface area contributed by atoms with Gasteiger partial charge >= 0.3 is 0 Å². The van der Waals surface area contributed by atoms with Crippen molar-refractivity contribution < 1.29 is 14.6 Å². The van der Waals surface area contributed by atoms with Gasteiger partial charge in [0.25, 0.3) is 0 Å². The van der Waals surface area contributed by atoms with Crippen LogP contribution in [0.1, 0.15) is 25.5 Å². The molecule has 1 heterocycles. The van der Waals surface area contributed by atoms with E-state index in [1.165, 1.54) is 14.0 Å². The number of rotatable bonds is 3. The highest BCUT2D eigenvalue weighted by Gasteiger charge is 2.30. The number of carbonyl (C=O) groups is 1. The van der Waals surface area contributed by atoms with Crippen LogP contribution in [-0.2, 0) is 4.79 Å². The summed E-state index contributed by atoms with van der Waals surface area (Å²) in [5, 5.41) is 13.4. The Morgan fingerprint density at radius 3 is 2.71 bits per heavy atom. The van der Waals surface area contributed by atoms with Crippen LogP contribution >= 0.6 is 12.2 Å². The zero-order valence-corrected chi connectivity index (χ0v) is 13.2. The first-order chi connectivity index (χ1) is 9.86. The Hall–Kier alpha value is -2.08. The van der Waals surface area contributed by atoms with Crippen molar-refractivity contribution in [3.8, 4) is 11.5 Å². The summed E-state index contributed by atoms with van der Waals surface area (Å²) in [5.74, 6) is 0.396. The summed E-state index contributed by atoms with van der Waals surface area (Å²) in [6.07, 6.45) is 0. The number of Topliss-reactive ketones (excluding diaryl/α,β-unsaturated/α-hetero) is 1. The number of nitrogens with zero attached hydrogens (tertiary/aromatic N) is 1. The van der Waals surface area contributed by atoms with Crippen molar-refractivity contribution in [1.82, 2.24) is 10.2 Å². The van der Waals surface area contributed by atoms with E-state index in [2.05, 4.69) is 5.32 Å². The predicted molar refractivity (Wildman–Crippen MR) is 84.3 cm³/mol. The van der Waals surface area contributed by atoms with Crippen molar-refractivity contribution in [3.63, 3.8) is 0 Å². The maximum absolute atomic E-state index is 12.0. The Bertz CT molecular complexity index is 640. The normalized spacial score (nSPS) is 18.6. The number of hydrogen-bond donors (Lipinski definition) is 2. The fraction of sp³-hybridized carbons (Fsp3) is 0.333. The molecule has 0 fully saturated rings. The van der Waals surface area contributed by atoms with Gasteiger partial charge in [-0.25, -0.2) is 0 Å². The van der Waals surface area contributed by atoms with E-state index in [1.807, 2.05) is 14.0 Å². The molecule has 0 saturated carbocycles. The lowest BCUT2D eigenvalue weighted by molar-refractivity contribution is -0.114. The highest BCUT2D eigenvalue weighted by atomic mass is 32.1. The van der Waals surface area contributed by atoms with E-state index in [1.54, 1.807) is 23.1 Å². The summed E-state index contributed by atoms with van der Waals surface area (Å²) in [6, 6.07) is 4.65. The van der Waals surface area contributed by atoms with Crippen LogP contribution in [0.15, 0.2) is 29.5 Å². The SMILES string of the molecule is COc1cc([C@H]2NC(=S)N(C)C(C)=C2C(C)=O)ccc1O. The molecule has 1 aliphatic heterocycles. The smallest absolute Gasteiger partial charge is 0.173 e. The van der Waals surface area contributed by atoms with Crippen LogP contribution < -0.4 is 10.1 Å². The minimum absolute atomic E-state index is 0.0219. The molecule has 0 aromatic heterocycles. The summed E-state index contributed by atoms with van der Waals surface area (Å²) < 4.78 is 5.12. The highest BCUT2D eigenvalue weighted by molar-refractivity contribution is 7.80. The lowest BCUT2D eigenvalue weighted by Crippen LogP contribution is -2.45. The van der Waals surface area contributed by atoms with Crippen molar-refractivity contribution in [2.75, 3.05) is 14.2 Å². The molecule has 0 unspecified atom stereocenters. The molecule has 0 amide bonds. The topological polar surface area (TPSA) is 61.8 Å². The van der Waals surface area contributed by atoms with Gasteiger partial charge in [-0.15, -0.1) is 0 Å². The van der Waals surface area contributed by atoms with Gasteiger partial charge in [0, 0.05) is 18.3 Å². The van der Waals surface area contributed by atoms with Gasteiger partial charge in [0.05, 0.1) is 13.2 Å². The molecule has 0 saturated heterocycles. The molecule has 6 heteroatoms. The van der Waals surface area contributed by atoms with E-state index >= 15 is 0 Å². The number of phenols is 1. The van der Waals surface area contributed by atoms with Gasteiger partial charge in [0.2, 0.25) is 0 Å².